The SMILES string of the molecule is COc1ccc(/C(C)=N\N=C(N)S[C@@H]2CC(=O)N(c3ccc(C(=O)O)cc3)C2=O)cc1F. The van der Waals surface area contributed by atoms with Gasteiger partial charge in [-0.2, -0.15) is 5.10 Å². The summed E-state index contributed by atoms with van der Waals surface area (Å²) in [7, 11) is 1.36. The minimum absolute atomic E-state index is 0.0347. The zero-order chi connectivity index (χ0) is 23.4. The molecule has 1 aliphatic heterocycles. The summed E-state index contributed by atoms with van der Waals surface area (Å²) in [6.45, 7) is 1.62. The number of ether oxygens (including phenoxy) is 1. The van der Waals surface area contributed by atoms with Crippen molar-refractivity contribution >= 4 is 46.1 Å². The second-order valence-corrected chi connectivity index (χ2v) is 7.93. The van der Waals surface area contributed by atoms with Crippen molar-refractivity contribution in [1.29, 1.82) is 0 Å². The summed E-state index contributed by atoms with van der Waals surface area (Å²) < 4.78 is 18.7. The molecular weight excluding hydrogens is 439 g/mol. The molecule has 0 aliphatic carbocycles. The largest absolute Gasteiger partial charge is 0.494 e. The van der Waals surface area contributed by atoms with Crippen LogP contribution in [0.4, 0.5) is 10.1 Å². The lowest BCUT2D eigenvalue weighted by Crippen LogP contribution is -2.31. The van der Waals surface area contributed by atoms with E-state index in [2.05, 4.69) is 10.2 Å². The van der Waals surface area contributed by atoms with Crippen LogP contribution in [0.2, 0.25) is 0 Å². The van der Waals surface area contributed by atoms with Gasteiger partial charge in [0.25, 0.3) is 0 Å². The molecule has 0 radical (unpaired) electrons. The molecule has 1 fully saturated rings. The number of benzene rings is 2. The zero-order valence-electron chi connectivity index (χ0n) is 17.1. The highest BCUT2D eigenvalue weighted by atomic mass is 32.2. The fourth-order valence-corrected chi connectivity index (χ4v) is 3.77. The molecular formula is C21H19FN4O5S. The minimum Gasteiger partial charge on any atom is -0.494 e. The van der Waals surface area contributed by atoms with E-state index >= 15 is 0 Å². The molecule has 0 bridgehead atoms. The fourth-order valence-electron chi connectivity index (χ4n) is 2.96. The first-order valence-corrected chi connectivity index (χ1v) is 10.2. The van der Waals surface area contributed by atoms with Gasteiger partial charge in [-0.1, -0.05) is 11.8 Å². The maximum Gasteiger partial charge on any atom is 0.335 e. The number of thioether (sulfide) groups is 1. The van der Waals surface area contributed by atoms with E-state index in [0.717, 1.165) is 16.7 Å². The number of rotatable bonds is 6. The molecule has 1 aliphatic rings. The molecule has 1 saturated heterocycles. The van der Waals surface area contributed by atoms with Crippen LogP contribution in [-0.2, 0) is 9.59 Å². The number of nitrogens with zero attached hydrogens (tertiary/aromatic N) is 3. The molecule has 166 valence electrons. The highest BCUT2D eigenvalue weighted by Crippen LogP contribution is 2.30. The van der Waals surface area contributed by atoms with E-state index in [1.54, 1.807) is 13.0 Å². The van der Waals surface area contributed by atoms with Crippen molar-refractivity contribution < 1.29 is 28.6 Å². The van der Waals surface area contributed by atoms with Crippen LogP contribution >= 0.6 is 11.8 Å². The van der Waals surface area contributed by atoms with Gasteiger partial charge in [-0.25, -0.2) is 14.1 Å². The predicted octanol–water partition coefficient (Wildman–Crippen LogP) is 2.64. The van der Waals surface area contributed by atoms with E-state index in [1.165, 1.54) is 43.5 Å². The number of imide groups is 1. The van der Waals surface area contributed by atoms with Gasteiger partial charge in [0.15, 0.2) is 16.7 Å². The number of methoxy groups -OCH3 is 1. The van der Waals surface area contributed by atoms with E-state index in [9.17, 15) is 18.8 Å². The van der Waals surface area contributed by atoms with Gasteiger partial charge in [0.05, 0.1) is 24.1 Å². The van der Waals surface area contributed by atoms with Crippen molar-refractivity contribution in [2.24, 2.45) is 15.9 Å². The Hall–Kier alpha value is -3.73. The van der Waals surface area contributed by atoms with Crippen molar-refractivity contribution in [2.75, 3.05) is 12.0 Å². The Morgan fingerprint density at radius 3 is 2.44 bits per heavy atom. The second kappa shape index (κ2) is 9.60. The normalized spacial score (nSPS) is 17.1. The quantitative estimate of drug-likeness (QED) is 0.294. The number of hydrogen-bond acceptors (Lipinski definition) is 7. The lowest BCUT2D eigenvalue weighted by atomic mass is 10.1. The fraction of sp³-hybridized carbons (Fsp3) is 0.190. The number of carboxylic acid groups (broad SMARTS) is 1. The molecule has 1 heterocycles. The molecule has 0 unspecified atom stereocenters. The van der Waals surface area contributed by atoms with Crippen LogP contribution < -0.4 is 15.4 Å². The first-order valence-electron chi connectivity index (χ1n) is 9.29. The summed E-state index contributed by atoms with van der Waals surface area (Å²) in [6, 6.07) is 9.75. The number of anilines is 1. The smallest absolute Gasteiger partial charge is 0.335 e. The molecule has 2 aromatic carbocycles. The van der Waals surface area contributed by atoms with Gasteiger partial charge in [0, 0.05) is 12.0 Å². The Labute approximate surface area is 186 Å². The lowest BCUT2D eigenvalue weighted by Gasteiger charge is -2.14. The van der Waals surface area contributed by atoms with Crippen LogP contribution in [-0.4, -0.2) is 46.1 Å². The Balaban J connectivity index is 1.70. The van der Waals surface area contributed by atoms with Crippen molar-refractivity contribution in [2.45, 2.75) is 18.6 Å². The number of aromatic carboxylic acids is 1. The first kappa shape index (κ1) is 22.9. The zero-order valence-corrected chi connectivity index (χ0v) is 17.9. The van der Waals surface area contributed by atoms with Crippen molar-refractivity contribution in [3.8, 4) is 5.75 Å². The van der Waals surface area contributed by atoms with Crippen molar-refractivity contribution in [3.05, 3.63) is 59.4 Å². The third-order valence-electron chi connectivity index (χ3n) is 4.61. The monoisotopic (exact) mass is 458 g/mol. The molecule has 11 heteroatoms. The number of carbonyl (C=O) groups excluding carboxylic acids is 2. The average molecular weight is 458 g/mol. The molecule has 9 nitrogen and oxygen atoms in total. The topological polar surface area (TPSA) is 135 Å². The molecule has 1 atom stereocenters. The molecule has 32 heavy (non-hydrogen) atoms. The van der Waals surface area contributed by atoms with Gasteiger partial charge in [-0.05, 0) is 49.4 Å². The van der Waals surface area contributed by atoms with Gasteiger partial charge < -0.3 is 15.6 Å². The van der Waals surface area contributed by atoms with Gasteiger partial charge in [0.2, 0.25) is 11.8 Å². The van der Waals surface area contributed by atoms with Crippen LogP contribution in [0.5, 0.6) is 5.75 Å². The van der Waals surface area contributed by atoms with Gasteiger partial charge in [0.1, 0.15) is 5.25 Å². The predicted molar refractivity (Wildman–Crippen MR) is 119 cm³/mol. The summed E-state index contributed by atoms with van der Waals surface area (Å²) in [5, 5.41) is 16.0. The van der Waals surface area contributed by atoms with E-state index in [-0.39, 0.29) is 28.6 Å². The number of carboxylic acids is 1. The molecule has 0 saturated carbocycles. The summed E-state index contributed by atoms with van der Waals surface area (Å²) in [5.74, 6) is -2.47. The standard InChI is InChI=1S/C21H19FN4O5S/c1-11(13-5-8-16(31-2)15(22)9-13)24-25-21(23)32-17-10-18(27)26(19(17)28)14-6-3-12(4-7-14)20(29)30/h3-9,17H,10H2,1-2H3,(H2,23,25)(H,29,30)/b24-11-/t17-/m1/s1. The Morgan fingerprint density at radius 2 is 1.84 bits per heavy atom. The molecule has 0 spiro atoms. The number of amidine groups is 1. The van der Waals surface area contributed by atoms with Gasteiger partial charge in [-0.15, -0.1) is 5.10 Å². The van der Waals surface area contributed by atoms with Gasteiger partial charge >= 0.3 is 5.97 Å². The molecule has 3 N–H and O–H groups in total. The second-order valence-electron chi connectivity index (χ2n) is 6.70. The Bertz CT molecular complexity index is 1130. The maximum absolute atomic E-state index is 13.9. The lowest BCUT2D eigenvalue weighted by molar-refractivity contribution is -0.121. The molecule has 2 amide bonds. The van der Waals surface area contributed by atoms with Crippen LogP contribution in [0.1, 0.15) is 29.3 Å². The summed E-state index contributed by atoms with van der Waals surface area (Å²) in [5.41, 5.74) is 7.06. The minimum atomic E-state index is -1.11. The van der Waals surface area contributed by atoms with Crippen LogP contribution in [0.3, 0.4) is 0 Å². The van der Waals surface area contributed by atoms with E-state index < -0.39 is 28.9 Å². The van der Waals surface area contributed by atoms with Crippen LogP contribution in [0.25, 0.3) is 0 Å². The molecule has 0 aromatic heterocycles. The summed E-state index contributed by atoms with van der Waals surface area (Å²) in [6.07, 6.45) is -0.0905. The highest BCUT2D eigenvalue weighted by molar-refractivity contribution is 8.14. The van der Waals surface area contributed by atoms with Gasteiger partial charge in [-0.3, -0.25) is 9.59 Å². The van der Waals surface area contributed by atoms with E-state index in [0.29, 0.717) is 11.3 Å². The maximum atomic E-state index is 13.9. The number of carbonyl (C=O) groups is 3. The Morgan fingerprint density at radius 1 is 1.19 bits per heavy atom. The van der Waals surface area contributed by atoms with E-state index in [4.69, 9.17) is 15.6 Å². The van der Waals surface area contributed by atoms with Crippen LogP contribution in [0, 0.1) is 5.82 Å². The summed E-state index contributed by atoms with van der Waals surface area (Å²) >= 11 is 0.892. The Kier molecular flexibility index (Phi) is 6.89. The first-order chi connectivity index (χ1) is 15.2. The molecule has 2 aromatic rings. The average Bonchev–Trinajstić information content (AvgIpc) is 3.04. The number of amides is 2. The van der Waals surface area contributed by atoms with E-state index in [1.807, 2.05) is 0 Å². The third kappa shape index (κ3) is 4.94. The number of hydrogen-bond donors (Lipinski definition) is 2. The summed E-state index contributed by atoms with van der Waals surface area (Å²) in [4.78, 5) is 37.0. The third-order valence-corrected chi connectivity index (χ3v) is 5.58. The number of halogens is 1. The number of nitrogens with two attached hydrogens (primary N) is 1. The van der Waals surface area contributed by atoms with Crippen molar-refractivity contribution in [1.82, 2.24) is 0 Å². The van der Waals surface area contributed by atoms with Crippen molar-refractivity contribution in [3.63, 3.8) is 0 Å². The van der Waals surface area contributed by atoms with Crippen LogP contribution in [0.15, 0.2) is 52.7 Å². The highest BCUT2D eigenvalue weighted by Gasteiger charge is 2.40. The molecule has 3 rings (SSSR count).